The van der Waals surface area contributed by atoms with Gasteiger partial charge in [-0.25, -0.2) is 4.79 Å². The highest BCUT2D eigenvalue weighted by Crippen LogP contribution is 2.37. The smallest absolute Gasteiger partial charge is 0.309 e. The number of ether oxygens (including phenoxy) is 1. The first-order valence-corrected chi connectivity index (χ1v) is 8.80. The summed E-state index contributed by atoms with van der Waals surface area (Å²) in [6.07, 6.45) is 4.02. The third kappa shape index (κ3) is 4.39. The van der Waals surface area contributed by atoms with Gasteiger partial charge in [0.2, 0.25) is 0 Å². The van der Waals surface area contributed by atoms with Gasteiger partial charge in [0.1, 0.15) is 12.4 Å². The van der Waals surface area contributed by atoms with Gasteiger partial charge in [0, 0.05) is 28.5 Å². The first-order chi connectivity index (χ1) is 12.9. The molecule has 27 heavy (non-hydrogen) atoms. The van der Waals surface area contributed by atoms with Gasteiger partial charge in [0.25, 0.3) is 5.91 Å². The van der Waals surface area contributed by atoms with Crippen molar-refractivity contribution in [3.8, 4) is 5.75 Å². The Morgan fingerprint density at radius 2 is 1.78 bits per heavy atom. The molecule has 0 aliphatic heterocycles. The largest absolute Gasteiger partial charge is 0.492 e. The monoisotopic (exact) mass is 386 g/mol. The Morgan fingerprint density at radius 3 is 2.44 bits per heavy atom. The van der Waals surface area contributed by atoms with Gasteiger partial charge in [-0.15, -0.1) is 11.3 Å². The number of carbonyl (C=O) groups excluding carboxylic acids is 2. The molecule has 0 fully saturated rings. The molecule has 3 aromatic heterocycles. The second-order valence-electron chi connectivity index (χ2n) is 5.60. The van der Waals surface area contributed by atoms with Crippen LogP contribution in [-0.2, 0) is 6.54 Å². The normalized spacial score (nSPS) is 10.5. The Balaban J connectivity index is 0.000000481. The van der Waals surface area contributed by atoms with Gasteiger partial charge < -0.3 is 30.9 Å². The van der Waals surface area contributed by atoms with Gasteiger partial charge in [-0.1, -0.05) is 0 Å². The molecule has 9 heteroatoms. The van der Waals surface area contributed by atoms with Crippen molar-refractivity contribution in [3.63, 3.8) is 0 Å². The van der Waals surface area contributed by atoms with Crippen LogP contribution < -0.4 is 21.9 Å². The van der Waals surface area contributed by atoms with Crippen molar-refractivity contribution in [2.75, 3.05) is 6.61 Å². The topological polar surface area (TPSA) is 140 Å². The van der Waals surface area contributed by atoms with E-state index < -0.39 is 11.9 Å². The zero-order valence-electron chi connectivity index (χ0n) is 14.3. The molecule has 0 saturated heterocycles. The molecule has 1 aromatic carbocycles. The summed E-state index contributed by atoms with van der Waals surface area (Å²) in [5.41, 5.74) is 14.5. The van der Waals surface area contributed by atoms with E-state index in [2.05, 4.69) is 16.0 Å². The molecule has 6 N–H and O–H groups in total. The maximum Gasteiger partial charge on any atom is 0.309 e. The molecule has 0 bridgehead atoms. The molecular weight excluding hydrogens is 368 g/mol. The van der Waals surface area contributed by atoms with E-state index >= 15 is 0 Å². The summed E-state index contributed by atoms with van der Waals surface area (Å²) in [7, 11) is 0. The number of nitrogens with two attached hydrogens (primary N) is 3. The molecule has 0 unspecified atom stereocenters. The number of benzene rings is 1. The molecule has 0 aliphatic rings. The molecule has 0 aliphatic carbocycles. The summed E-state index contributed by atoms with van der Waals surface area (Å²) in [4.78, 5) is 20.2. The first kappa shape index (κ1) is 18.3. The van der Waals surface area contributed by atoms with Crippen LogP contribution in [-0.4, -0.2) is 23.1 Å². The van der Waals surface area contributed by atoms with Gasteiger partial charge in [0.15, 0.2) is 11.3 Å². The van der Waals surface area contributed by atoms with Gasteiger partial charge in [-0.2, -0.15) is 0 Å². The SMILES string of the molecule is NC(=O)c1cc2sc3cc(OCCn4cccc4)ccc3c2o1.NC(N)=O. The second kappa shape index (κ2) is 7.83. The zero-order valence-corrected chi connectivity index (χ0v) is 15.1. The fourth-order valence-corrected chi connectivity index (χ4v) is 3.62. The number of urea groups is 1. The lowest BCUT2D eigenvalue weighted by molar-refractivity contribution is 0.0976. The fraction of sp³-hybridized carbons (Fsp3) is 0.111. The number of aromatic nitrogens is 1. The summed E-state index contributed by atoms with van der Waals surface area (Å²) in [6, 6.07) is 10.7. The fourth-order valence-electron chi connectivity index (χ4n) is 2.53. The van der Waals surface area contributed by atoms with E-state index in [0.717, 1.165) is 27.1 Å². The van der Waals surface area contributed by atoms with Crippen molar-refractivity contribution in [1.82, 2.24) is 4.57 Å². The van der Waals surface area contributed by atoms with Gasteiger partial charge in [-0.3, -0.25) is 4.79 Å². The average Bonchev–Trinajstić information content (AvgIpc) is 3.29. The predicted molar refractivity (Wildman–Crippen MR) is 104 cm³/mol. The van der Waals surface area contributed by atoms with Gasteiger partial charge >= 0.3 is 6.03 Å². The highest BCUT2D eigenvalue weighted by atomic mass is 32.1. The van der Waals surface area contributed by atoms with Crippen molar-refractivity contribution in [2.45, 2.75) is 6.54 Å². The minimum absolute atomic E-state index is 0.195. The quantitative estimate of drug-likeness (QED) is 0.485. The van der Waals surface area contributed by atoms with E-state index in [1.165, 1.54) is 0 Å². The highest BCUT2D eigenvalue weighted by molar-refractivity contribution is 7.25. The number of hydrogen-bond acceptors (Lipinski definition) is 5. The lowest BCUT2D eigenvalue weighted by atomic mass is 10.2. The van der Waals surface area contributed by atoms with Crippen LogP contribution in [0.15, 0.2) is 53.2 Å². The number of hydrogen-bond donors (Lipinski definition) is 3. The van der Waals surface area contributed by atoms with Crippen molar-refractivity contribution in [3.05, 3.63) is 54.6 Å². The third-order valence-electron chi connectivity index (χ3n) is 3.64. The molecule has 0 spiro atoms. The summed E-state index contributed by atoms with van der Waals surface area (Å²) in [6.45, 7) is 1.41. The second-order valence-corrected chi connectivity index (χ2v) is 6.68. The number of primary amides is 3. The number of thiophene rings is 1. The summed E-state index contributed by atoms with van der Waals surface area (Å²) in [5.74, 6) is 0.468. The van der Waals surface area contributed by atoms with E-state index in [-0.39, 0.29) is 5.76 Å². The van der Waals surface area contributed by atoms with E-state index in [4.69, 9.17) is 19.7 Å². The van der Waals surface area contributed by atoms with Crippen LogP contribution in [0.1, 0.15) is 10.6 Å². The van der Waals surface area contributed by atoms with Gasteiger partial charge in [-0.05, 0) is 30.3 Å². The van der Waals surface area contributed by atoms with Crippen molar-refractivity contribution in [1.29, 1.82) is 0 Å². The lowest BCUT2D eigenvalue weighted by Crippen LogP contribution is -2.18. The Labute approximate surface area is 158 Å². The van der Waals surface area contributed by atoms with E-state index in [1.54, 1.807) is 17.4 Å². The number of nitrogens with zero attached hydrogens (tertiary/aromatic N) is 1. The molecule has 0 radical (unpaired) electrons. The number of rotatable bonds is 5. The van der Waals surface area contributed by atoms with E-state index in [0.29, 0.717) is 12.2 Å². The van der Waals surface area contributed by atoms with Crippen molar-refractivity contribution < 1.29 is 18.7 Å². The first-order valence-electron chi connectivity index (χ1n) is 7.98. The zero-order chi connectivity index (χ0) is 19.4. The molecule has 140 valence electrons. The Bertz CT molecular complexity index is 1080. The molecule has 4 rings (SSSR count). The molecule has 3 heterocycles. The maximum absolute atomic E-state index is 11.2. The van der Waals surface area contributed by atoms with Crippen LogP contribution >= 0.6 is 11.3 Å². The molecule has 8 nitrogen and oxygen atoms in total. The summed E-state index contributed by atoms with van der Waals surface area (Å²) >= 11 is 1.56. The minimum atomic E-state index is -0.833. The number of carbonyl (C=O) groups is 2. The number of furan rings is 1. The van der Waals surface area contributed by atoms with E-state index in [9.17, 15) is 4.79 Å². The van der Waals surface area contributed by atoms with Crippen LogP contribution in [0.3, 0.4) is 0 Å². The van der Waals surface area contributed by atoms with Crippen LogP contribution in [0, 0.1) is 0 Å². The van der Waals surface area contributed by atoms with Crippen LogP contribution in [0.2, 0.25) is 0 Å². The third-order valence-corrected chi connectivity index (χ3v) is 4.72. The standard InChI is InChI=1S/C17H14N2O3S.CH4N2O/c18-17(20)13-10-15-16(22-13)12-4-3-11(9-14(12)23-15)21-8-7-19-5-1-2-6-19;2-1(3)4/h1-6,9-10H,7-8H2,(H2,18,20);(H4,2,3,4). The van der Waals surface area contributed by atoms with E-state index in [1.807, 2.05) is 42.7 Å². The molecule has 0 saturated carbocycles. The van der Waals surface area contributed by atoms with Crippen LogP contribution in [0.5, 0.6) is 5.75 Å². The number of fused-ring (bicyclic) bond motifs is 3. The lowest BCUT2D eigenvalue weighted by Gasteiger charge is -2.07. The predicted octanol–water partition coefficient (Wildman–Crippen LogP) is 2.65. The highest BCUT2D eigenvalue weighted by Gasteiger charge is 2.14. The summed E-state index contributed by atoms with van der Waals surface area (Å²) < 4.78 is 15.4. The van der Waals surface area contributed by atoms with Crippen LogP contribution in [0.4, 0.5) is 4.79 Å². The van der Waals surface area contributed by atoms with Crippen molar-refractivity contribution in [2.24, 2.45) is 17.2 Å². The van der Waals surface area contributed by atoms with Crippen LogP contribution in [0.25, 0.3) is 20.4 Å². The van der Waals surface area contributed by atoms with Gasteiger partial charge in [0.05, 0.1) is 11.2 Å². The van der Waals surface area contributed by atoms with Crippen molar-refractivity contribution >= 4 is 43.6 Å². The Kier molecular flexibility index (Phi) is 5.32. The molecule has 3 amide bonds. The maximum atomic E-state index is 11.2. The molecule has 4 aromatic rings. The molecule has 0 atom stereocenters. The Hall–Kier alpha value is -3.46. The summed E-state index contributed by atoms with van der Waals surface area (Å²) in [5, 5.41) is 0.968. The minimum Gasteiger partial charge on any atom is -0.492 e. The average molecular weight is 386 g/mol. The molecular formula is C18H18N4O4S. The number of amides is 3. The Morgan fingerprint density at radius 1 is 1.07 bits per heavy atom.